The first-order valence-electron chi connectivity index (χ1n) is 8.19. The summed E-state index contributed by atoms with van der Waals surface area (Å²) in [6.07, 6.45) is 4.62. The third-order valence-electron chi connectivity index (χ3n) is 4.51. The maximum absolute atomic E-state index is 10.7. The Bertz CT molecular complexity index is 1090. The predicted molar refractivity (Wildman–Crippen MR) is 111 cm³/mol. The molecule has 2 N–H and O–H groups in total. The van der Waals surface area contributed by atoms with E-state index in [2.05, 4.69) is 56.2 Å². The number of pyridine rings is 1. The number of carbonyl (C=O) groups is 1. The molecule has 4 rings (SSSR count). The highest BCUT2D eigenvalue weighted by molar-refractivity contribution is 7.99. The van der Waals surface area contributed by atoms with Crippen molar-refractivity contribution in [3.63, 3.8) is 0 Å². The van der Waals surface area contributed by atoms with Crippen LogP contribution in [-0.2, 0) is 4.79 Å². The van der Waals surface area contributed by atoms with Gasteiger partial charge < -0.3 is 14.6 Å². The highest BCUT2D eigenvalue weighted by Crippen LogP contribution is 2.31. The molecular formula is C20H18N4OS. The molecule has 0 unspecified atom stereocenters. The molecule has 0 saturated heterocycles. The van der Waals surface area contributed by atoms with Gasteiger partial charge in [0, 0.05) is 52.7 Å². The van der Waals surface area contributed by atoms with Crippen LogP contribution >= 0.6 is 11.9 Å². The van der Waals surface area contributed by atoms with Gasteiger partial charge in [-0.2, -0.15) is 0 Å². The van der Waals surface area contributed by atoms with Crippen LogP contribution in [0.2, 0.25) is 0 Å². The summed E-state index contributed by atoms with van der Waals surface area (Å²) in [6, 6.07) is 16.4. The Hall–Kier alpha value is -2.99. The normalized spacial score (nSPS) is 11.0. The van der Waals surface area contributed by atoms with E-state index in [0.717, 1.165) is 44.4 Å². The van der Waals surface area contributed by atoms with Crippen molar-refractivity contribution in [3.8, 4) is 11.1 Å². The molecule has 0 aliphatic carbocycles. The van der Waals surface area contributed by atoms with E-state index < -0.39 is 0 Å². The van der Waals surface area contributed by atoms with Crippen molar-refractivity contribution >= 4 is 51.7 Å². The fourth-order valence-electron chi connectivity index (χ4n) is 3.06. The van der Waals surface area contributed by atoms with Gasteiger partial charge in [0.05, 0.1) is 0 Å². The van der Waals surface area contributed by atoms with E-state index in [9.17, 15) is 4.79 Å². The molecule has 0 aliphatic heterocycles. The lowest BCUT2D eigenvalue weighted by Gasteiger charge is -2.15. The predicted octanol–water partition coefficient (Wildman–Crippen LogP) is 4.67. The Morgan fingerprint density at radius 1 is 1.08 bits per heavy atom. The van der Waals surface area contributed by atoms with Gasteiger partial charge in [-0.1, -0.05) is 24.1 Å². The third kappa shape index (κ3) is 2.88. The highest BCUT2D eigenvalue weighted by Gasteiger charge is 2.09. The summed E-state index contributed by atoms with van der Waals surface area (Å²) >= 11 is 1.68. The number of benzene rings is 2. The molecule has 0 fully saturated rings. The first kappa shape index (κ1) is 16.5. The number of H-pyrrole nitrogens is 1. The number of fused-ring (bicyclic) bond motifs is 3. The number of amides is 1. The van der Waals surface area contributed by atoms with Crippen molar-refractivity contribution in [2.75, 3.05) is 22.9 Å². The topological polar surface area (TPSA) is 61.0 Å². The first-order valence-corrected chi connectivity index (χ1v) is 9.37. The molecule has 130 valence electrons. The average Bonchev–Trinajstić information content (AvgIpc) is 3.05. The molecule has 0 radical (unpaired) electrons. The molecule has 2 aromatic heterocycles. The van der Waals surface area contributed by atoms with Crippen LogP contribution in [0, 0.1) is 0 Å². The summed E-state index contributed by atoms with van der Waals surface area (Å²) < 4.78 is 2.12. The minimum Gasteiger partial charge on any atom is -0.339 e. The van der Waals surface area contributed by atoms with Crippen molar-refractivity contribution in [2.24, 2.45) is 0 Å². The second-order valence-electron chi connectivity index (χ2n) is 5.99. The minimum atomic E-state index is 0.687. The molecule has 0 saturated carbocycles. The number of hydrogen-bond donors (Lipinski definition) is 2. The van der Waals surface area contributed by atoms with Gasteiger partial charge >= 0.3 is 0 Å². The minimum absolute atomic E-state index is 0.687. The molecule has 0 bridgehead atoms. The van der Waals surface area contributed by atoms with E-state index in [1.807, 2.05) is 31.4 Å². The SMILES string of the molecule is CSN(C)c1ccc(-c2cnc3[nH]c4ccc(NC=O)cc4c3c2)cc1. The lowest BCUT2D eigenvalue weighted by molar-refractivity contribution is -0.105. The van der Waals surface area contributed by atoms with Crippen LogP contribution < -0.4 is 9.62 Å². The van der Waals surface area contributed by atoms with Crippen molar-refractivity contribution in [2.45, 2.75) is 0 Å². The van der Waals surface area contributed by atoms with Gasteiger partial charge in [0.2, 0.25) is 6.41 Å². The Kier molecular flexibility index (Phi) is 4.26. The summed E-state index contributed by atoms with van der Waals surface area (Å²) in [7, 11) is 2.05. The van der Waals surface area contributed by atoms with Gasteiger partial charge in [0.1, 0.15) is 5.65 Å². The lowest BCUT2D eigenvalue weighted by Crippen LogP contribution is -2.04. The van der Waals surface area contributed by atoms with Crippen molar-refractivity contribution in [1.82, 2.24) is 9.97 Å². The zero-order chi connectivity index (χ0) is 18.1. The smallest absolute Gasteiger partial charge is 0.211 e. The van der Waals surface area contributed by atoms with Crippen LogP contribution in [0.25, 0.3) is 33.1 Å². The Morgan fingerprint density at radius 2 is 1.88 bits per heavy atom. The molecule has 0 aliphatic rings. The quantitative estimate of drug-likeness (QED) is 0.400. The number of anilines is 2. The van der Waals surface area contributed by atoms with E-state index in [1.165, 1.54) is 0 Å². The number of aromatic nitrogens is 2. The summed E-state index contributed by atoms with van der Waals surface area (Å²) in [5, 5.41) is 4.78. The molecule has 5 nitrogen and oxygen atoms in total. The third-order valence-corrected chi connectivity index (χ3v) is 5.27. The summed E-state index contributed by atoms with van der Waals surface area (Å²) in [4.78, 5) is 18.6. The molecule has 4 aromatic rings. The summed E-state index contributed by atoms with van der Waals surface area (Å²) in [5.74, 6) is 0. The van der Waals surface area contributed by atoms with Gasteiger partial charge in [-0.05, 0) is 42.0 Å². The van der Waals surface area contributed by atoms with Crippen LogP contribution in [0.1, 0.15) is 0 Å². The standard InChI is InChI=1S/C20H18N4OS/c1-24(26-2)16-6-3-13(4-7-16)14-9-18-17-10-15(22-12-25)5-8-19(17)23-20(18)21-11-14/h3-12H,1-2H3,(H,21,23)(H,22,25). The monoisotopic (exact) mass is 362 g/mol. The van der Waals surface area contributed by atoms with Crippen LogP contribution in [0.3, 0.4) is 0 Å². The lowest BCUT2D eigenvalue weighted by atomic mass is 10.1. The largest absolute Gasteiger partial charge is 0.339 e. The first-order chi connectivity index (χ1) is 12.7. The summed E-state index contributed by atoms with van der Waals surface area (Å²) in [6.45, 7) is 0. The Balaban J connectivity index is 1.79. The van der Waals surface area contributed by atoms with Crippen molar-refractivity contribution < 1.29 is 4.79 Å². The molecule has 2 heterocycles. The molecule has 6 heteroatoms. The fourth-order valence-corrected chi connectivity index (χ4v) is 3.39. The van der Waals surface area contributed by atoms with E-state index in [1.54, 1.807) is 11.9 Å². The Labute approximate surface area is 155 Å². The Morgan fingerprint density at radius 3 is 2.62 bits per heavy atom. The van der Waals surface area contributed by atoms with Crippen LogP contribution in [0.5, 0.6) is 0 Å². The van der Waals surface area contributed by atoms with Crippen LogP contribution in [-0.4, -0.2) is 29.7 Å². The van der Waals surface area contributed by atoms with Gasteiger partial charge in [0.25, 0.3) is 0 Å². The van der Waals surface area contributed by atoms with Crippen LogP contribution in [0.4, 0.5) is 11.4 Å². The van der Waals surface area contributed by atoms with Gasteiger partial charge in [-0.15, -0.1) is 0 Å². The molecule has 26 heavy (non-hydrogen) atoms. The van der Waals surface area contributed by atoms with Crippen LogP contribution in [0.15, 0.2) is 54.7 Å². The second kappa shape index (κ2) is 6.72. The number of rotatable bonds is 5. The van der Waals surface area contributed by atoms with E-state index >= 15 is 0 Å². The molecule has 1 amide bonds. The van der Waals surface area contributed by atoms with E-state index in [0.29, 0.717) is 6.41 Å². The van der Waals surface area contributed by atoms with Gasteiger partial charge in [-0.25, -0.2) is 4.98 Å². The van der Waals surface area contributed by atoms with E-state index in [4.69, 9.17) is 0 Å². The van der Waals surface area contributed by atoms with Crippen molar-refractivity contribution in [1.29, 1.82) is 0 Å². The van der Waals surface area contributed by atoms with Gasteiger partial charge in [0.15, 0.2) is 0 Å². The van der Waals surface area contributed by atoms with E-state index in [-0.39, 0.29) is 0 Å². The maximum Gasteiger partial charge on any atom is 0.211 e. The van der Waals surface area contributed by atoms with Crippen molar-refractivity contribution in [3.05, 3.63) is 54.7 Å². The zero-order valence-electron chi connectivity index (χ0n) is 14.5. The number of nitrogens with zero attached hydrogens (tertiary/aromatic N) is 2. The number of aromatic amines is 1. The summed E-state index contributed by atoms with van der Waals surface area (Å²) in [5.41, 5.74) is 5.94. The fraction of sp³-hybridized carbons (Fsp3) is 0.100. The highest BCUT2D eigenvalue weighted by atomic mass is 32.2. The number of carbonyl (C=O) groups excluding carboxylic acids is 1. The number of nitrogens with one attached hydrogen (secondary N) is 2. The number of hydrogen-bond acceptors (Lipinski definition) is 4. The molecule has 0 atom stereocenters. The van der Waals surface area contributed by atoms with Gasteiger partial charge in [-0.3, -0.25) is 4.79 Å². The zero-order valence-corrected chi connectivity index (χ0v) is 15.3. The molecule has 0 spiro atoms. The maximum atomic E-state index is 10.7. The second-order valence-corrected chi connectivity index (χ2v) is 6.91. The average molecular weight is 362 g/mol. The molecular weight excluding hydrogens is 344 g/mol. The molecule has 2 aromatic carbocycles.